The summed E-state index contributed by atoms with van der Waals surface area (Å²) in [6.07, 6.45) is 1.14. The summed E-state index contributed by atoms with van der Waals surface area (Å²) >= 11 is 5.91. The number of ether oxygens (including phenoxy) is 2. The molecule has 0 bridgehead atoms. The molecule has 160 valence electrons. The molecule has 0 unspecified atom stereocenters. The summed E-state index contributed by atoms with van der Waals surface area (Å²) in [5.41, 5.74) is 1.79. The molecule has 30 heavy (non-hydrogen) atoms. The van der Waals surface area contributed by atoms with Gasteiger partial charge in [-0.3, -0.25) is 9.59 Å². The third-order valence-corrected chi connectivity index (χ3v) is 5.23. The Bertz CT molecular complexity index is 885. The van der Waals surface area contributed by atoms with E-state index in [1.165, 1.54) is 0 Å². The fourth-order valence-corrected chi connectivity index (χ4v) is 3.63. The fraction of sp³-hybridized carbons (Fsp3) is 0.391. The molecule has 1 N–H and O–H groups in total. The second-order valence-corrected chi connectivity index (χ2v) is 7.43. The SMILES string of the molecule is CCOc1ccc(CCNC(=O)[C@@H]2CCN(c3ccc(Cl)cc3)C2=O)cc1OCC. The van der Waals surface area contributed by atoms with E-state index in [0.717, 1.165) is 11.3 Å². The molecule has 1 aliphatic heterocycles. The summed E-state index contributed by atoms with van der Waals surface area (Å²) in [5.74, 6) is 0.362. The Morgan fingerprint density at radius 2 is 1.80 bits per heavy atom. The van der Waals surface area contributed by atoms with Crippen LogP contribution >= 0.6 is 11.6 Å². The van der Waals surface area contributed by atoms with Gasteiger partial charge in [0.15, 0.2) is 11.5 Å². The lowest BCUT2D eigenvalue weighted by Crippen LogP contribution is -2.37. The zero-order valence-corrected chi connectivity index (χ0v) is 18.1. The standard InChI is InChI=1S/C23H27ClN2O4/c1-3-29-20-10-5-16(15-21(20)30-4-2)11-13-25-22(27)19-12-14-26(23(19)28)18-8-6-17(24)7-9-18/h5-10,15,19H,3-4,11-14H2,1-2H3,(H,25,27)/t19-/m0/s1. The number of hydrogen-bond donors (Lipinski definition) is 1. The average Bonchev–Trinajstić information content (AvgIpc) is 3.12. The third-order valence-electron chi connectivity index (χ3n) is 4.98. The second kappa shape index (κ2) is 10.3. The van der Waals surface area contributed by atoms with Gasteiger partial charge in [-0.2, -0.15) is 0 Å². The normalized spacial score (nSPS) is 15.9. The highest BCUT2D eigenvalue weighted by atomic mass is 35.5. The van der Waals surface area contributed by atoms with Gasteiger partial charge in [-0.15, -0.1) is 0 Å². The van der Waals surface area contributed by atoms with Crippen LogP contribution in [0.4, 0.5) is 5.69 Å². The summed E-state index contributed by atoms with van der Waals surface area (Å²) in [5, 5.41) is 3.51. The Morgan fingerprint density at radius 1 is 1.10 bits per heavy atom. The third kappa shape index (κ3) is 5.25. The van der Waals surface area contributed by atoms with Crippen LogP contribution in [0.1, 0.15) is 25.8 Å². The molecule has 0 radical (unpaired) electrons. The van der Waals surface area contributed by atoms with Crippen LogP contribution in [0.15, 0.2) is 42.5 Å². The molecule has 1 atom stereocenters. The van der Waals surface area contributed by atoms with Crippen LogP contribution in [0.2, 0.25) is 5.02 Å². The van der Waals surface area contributed by atoms with Crippen molar-refractivity contribution in [1.29, 1.82) is 0 Å². The van der Waals surface area contributed by atoms with Crippen molar-refractivity contribution in [1.82, 2.24) is 5.32 Å². The number of nitrogens with one attached hydrogen (secondary N) is 1. The van der Waals surface area contributed by atoms with E-state index in [1.807, 2.05) is 32.0 Å². The maximum atomic E-state index is 12.7. The van der Waals surface area contributed by atoms with Crippen molar-refractivity contribution in [3.05, 3.63) is 53.1 Å². The summed E-state index contributed by atoms with van der Waals surface area (Å²) in [4.78, 5) is 26.9. The maximum absolute atomic E-state index is 12.7. The number of hydrogen-bond acceptors (Lipinski definition) is 4. The van der Waals surface area contributed by atoms with Gasteiger partial charge < -0.3 is 19.7 Å². The lowest BCUT2D eigenvalue weighted by molar-refractivity contribution is -0.132. The van der Waals surface area contributed by atoms with Crippen molar-refractivity contribution in [2.24, 2.45) is 5.92 Å². The van der Waals surface area contributed by atoms with Gasteiger partial charge >= 0.3 is 0 Å². The highest BCUT2D eigenvalue weighted by molar-refractivity contribution is 6.30. The largest absolute Gasteiger partial charge is 0.490 e. The van der Waals surface area contributed by atoms with Gasteiger partial charge in [0.25, 0.3) is 0 Å². The molecule has 0 spiro atoms. The quantitative estimate of drug-likeness (QED) is 0.613. The molecular formula is C23H27ClN2O4. The molecule has 1 saturated heterocycles. The number of carbonyl (C=O) groups excluding carboxylic acids is 2. The molecule has 0 aliphatic carbocycles. The fourth-order valence-electron chi connectivity index (χ4n) is 3.50. The smallest absolute Gasteiger partial charge is 0.239 e. The Kier molecular flexibility index (Phi) is 7.57. The molecule has 7 heteroatoms. The minimum Gasteiger partial charge on any atom is -0.490 e. The molecule has 1 aliphatic rings. The van der Waals surface area contributed by atoms with Crippen molar-refractivity contribution in [3.63, 3.8) is 0 Å². The highest BCUT2D eigenvalue weighted by Gasteiger charge is 2.37. The van der Waals surface area contributed by atoms with Gasteiger partial charge in [-0.05, 0) is 68.7 Å². The first-order valence-corrected chi connectivity index (χ1v) is 10.6. The first-order chi connectivity index (χ1) is 14.5. The number of carbonyl (C=O) groups is 2. The van der Waals surface area contributed by atoms with Crippen LogP contribution in [0.25, 0.3) is 0 Å². The number of amides is 2. The van der Waals surface area contributed by atoms with Crippen molar-refractivity contribution in [3.8, 4) is 11.5 Å². The number of benzene rings is 2. The van der Waals surface area contributed by atoms with Crippen LogP contribution in [-0.4, -0.2) is 38.1 Å². The van der Waals surface area contributed by atoms with Gasteiger partial charge in [-0.25, -0.2) is 0 Å². The molecular weight excluding hydrogens is 404 g/mol. The van der Waals surface area contributed by atoms with Crippen molar-refractivity contribution < 1.29 is 19.1 Å². The summed E-state index contributed by atoms with van der Waals surface area (Å²) in [7, 11) is 0. The number of rotatable bonds is 9. The number of halogens is 1. The van der Waals surface area contributed by atoms with Gasteiger partial charge in [0.1, 0.15) is 5.92 Å². The van der Waals surface area contributed by atoms with Crippen LogP contribution < -0.4 is 19.7 Å². The predicted octanol–water partition coefficient (Wildman–Crippen LogP) is 3.85. The second-order valence-electron chi connectivity index (χ2n) is 7.00. The van der Waals surface area contributed by atoms with E-state index in [0.29, 0.717) is 55.7 Å². The summed E-state index contributed by atoms with van der Waals surface area (Å²) in [6, 6.07) is 12.9. The van der Waals surface area contributed by atoms with Crippen molar-refractivity contribution >= 4 is 29.1 Å². The Balaban J connectivity index is 1.54. The van der Waals surface area contributed by atoms with Crippen LogP contribution in [0.5, 0.6) is 11.5 Å². The zero-order chi connectivity index (χ0) is 21.5. The Hall–Kier alpha value is -2.73. The van der Waals surface area contributed by atoms with Crippen molar-refractivity contribution in [2.75, 3.05) is 31.2 Å². The highest BCUT2D eigenvalue weighted by Crippen LogP contribution is 2.29. The molecule has 1 heterocycles. The van der Waals surface area contributed by atoms with E-state index in [9.17, 15) is 9.59 Å². The minimum absolute atomic E-state index is 0.172. The van der Waals surface area contributed by atoms with E-state index < -0.39 is 5.92 Å². The predicted molar refractivity (Wildman–Crippen MR) is 117 cm³/mol. The molecule has 6 nitrogen and oxygen atoms in total. The number of anilines is 1. The lowest BCUT2D eigenvalue weighted by atomic mass is 10.1. The molecule has 2 amide bonds. The zero-order valence-electron chi connectivity index (χ0n) is 17.3. The van der Waals surface area contributed by atoms with E-state index in [-0.39, 0.29) is 11.8 Å². The number of nitrogens with zero attached hydrogens (tertiary/aromatic N) is 1. The van der Waals surface area contributed by atoms with E-state index in [1.54, 1.807) is 29.2 Å². The molecule has 0 saturated carbocycles. The van der Waals surface area contributed by atoms with E-state index in [4.69, 9.17) is 21.1 Å². The molecule has 0 aromatic heterocycles. The maximum Gasteiger partial charge on any atom is 0.239 e. The van der Waals surface area contributed by atoms with E-state index >= 15 is 0 Å². The van der Waals surface area contributed by atoms with Gasteiger partial charge in [0.2, 0.25) is 11.8 Å². The molecule has 1 fully saturated rings. The summed E-state index contributed by atoms with van der Waals surface area (Å²) < 4.78 is 11.2. The van der Waals surface area contributed by atoms with Crippen LogP contribution in [0.3, 0.4) is 0 Å². The summed E-state index contributed by atoms with van der Waals surface area (Å²) in [6.45, 7) is 5.94. The van der Waals surface area contributed by atoms with Crippen LogP contribution in [0, 0.1) is 5.92 Å². The van der Waals surface area contributed by atoms with Crippen molar-refractivity contribution in [2.45, 2.75) is 26.7 Å². The van der Waals surface area contributed by atoms with E-state index in [2.05, 4.69) is 5.32 Å². The average molecular weight is 431 g/mol. The minimum atomic E-state index is -0.653. The molecule has 2 aromatic carbocycles. The monoisotopic (exact) mass is 430 g/mol. The topological polar surface area (TPSA) is 67.9 Å². The Morgan fingerprint density at radius 3 is 2.50 bits per heavy atom. The van der Waals surface area contributed by atoms with Gasteiger partial charge in [-0.1, -0.05) is 17.7 Å². The Labute approximate surface area is 182 Å². The van der Waals surface area contributed by atoms with Crippen LogP contribution in [-0.2, 0) is 16.0 Å². The first-order valence-electron chi connectivity index (χ1n) is 10.3. The molecule has 3 rings (SSSR count). The van der Waals surface area contributed by atoms with Gasteiger partial charge in [0, 0.05) is 23.8 Å². The lowest BCUT2D eigenvalue weighted by Gasteiger charge is -2.17. The first kappa shape index (κ1) is 22.0. The molecule has 2 aromatic rings. The van der Waals surface area contributed by atoms with Gasteiger partial charge in [0.05, 0.1) is 13.2 Å².